The molecule has 0 radical (unpaired) electrons. The van der Waals surface area contributed by atoms with Crippen LogP contribution in [0, 0.1) is 5.82 Å². The number of carbonyl (C=O) groups is 1. The second-order valence-corrected chi connectivity index (χ2v) is 6.82. The van der Waals surface area contributed by atoms with Gasteiger partial charge in [-0.25, -0.2) is 14.2 Å². The molecule has 1 heterocycles. The maximum atomic E-state index is 13.4. The summed E-state index contributed by atoms with van der Waals surface area (Å²) in [5, 5.41) is 8.89. The molecule has 0 saturated heterocycles. The van der Waals surface area contributed by atoms with Crippen LogP contribution in [0.1, 0.15) is 24.1 Å². The van der Waals surface area contributed by atoms with Gasteiger partial charge in [0.05, 0.1) is 17.1 Å². The van der Waals surface area contributed by atoms with Gasteiger partial charge in [0.25, 0.3) is 0 Å². The summed E-state index contributed by atoms with van der Waals surface area (Å²) < 4.78 is 15.5. The van der Waals surface area contributed by atoms with Gasteiger partial charge in [0.15, 0.2) is 0 Å². The number of aromatic nitrogens is 2. The molecule has 1 aromatic heterocycles. The van der Waals surface area contributed by atoms with Gasteiger partial charge in [-0.3, -0.25) is 0 Å². The Balaban J connectivity index is 1.87. The van der Waals surface area contributed by atoms with Crippen LogP contribution in [0.15, 0.2) is 78.9 Å². The maximum absolute atomic E-state index is 13.4. The second kappa shape index (κ2) is 7.72. The molecule has 0 amide bonds. The van der Waals surface area contributed by atoms with Crippen LogP contribution >= 0.6 is 0 Å². The highest BCUT2D eigenvalue weighted by molar-refractivity contribution is 5.86. The van der Waals surface area contributed by atoms with Crippen molar-refractivity contribution < 1.29 is 14.3 Å². The highest BCUT2D eigenvalue weighted by Gasteiger charge is 2.18. The lowest BCUT2D eigenvalue weighted by molar-refractivity contribution is -0.131. The van der Waals surface area contributed by atoms with Crippen molar-refractivity contribution in [2.75, 3.05) is 0 Å². The van der Waals surface area contributed by atoms with Gasteiger partial charge in [-0.05, 0) is 54.5 Å². The molecule has 1 N–H and O–H groups in total. The summed E-state index contributed by atoms with van der Waals surface area (Å²) in [5.41, 5.74) is 4.46. The lowest BCUT2D eigenvalue weighted by Gasteiger charge is -2.18. The van der Waals surface area contributed by atoms with Crippen LogP contribution < -0.4 is 0 Å². The second-order valence-electron chi connectivity index (χ2n) is 6.82. The summed E-state index contributed by atoms with van der Waals surface area (Å²) in [7, 11) is 0. The molecular weight excluding hydrogens is 367 g/mol. The number of imidazole rings is 1. The molecule has 5 heteroatoms. The van der Waals surface area contributed by atoms with Gasteiger partial charge in [-0.2, -0.15) is 0 Å². The van der Waals surface area contributed by atoms with Crippen LogP contribution in [-0.2, 0) is 4.79 Å². The first-order chi connectivity index (χ1) is 14.0. The molecule has 29 heavy (non-hydrogen) atoms. The molecule has 0 fully saturated rings. The Morgan fingerprint density at radius 3 is 2.59 bits per heavy atom. The zero-order valence-electron chi connectivity index (χ0n) is 15.8. The molecule has 4 rings (SSSR count). The summed E-state index contributed by atoms with van der Waals surface area (Å²) in [4.78, 5) is 15.7. The van der Waals surface area contributed by atoms with Crippen LogP contribution in [-0.4, -0.2) is 20.6 Å². The molecule has 0 aliphatic heterocycles. The first-order valence-corrected chi connectivity index (χ1v) is 9.27. The standard InChI is InChI=1S/C24H19FN2O2/c1-16(18-10-12-20(25)13-11-18)27-22-8-3-2-7-21(22)26-24(27)19-6-4-5-17(15-19)9-14-23(28)29/h2-16H,1H3,(H,28,29)/b14-9+/t16-/m1/s1. The van der Waals surface area contributed by atoms with E-state index in [1.807, 2.05) is 48.5 Å². The fourth-order valence-corrected chi connectivity index (χ4v) is 3.48. The third-order valence-corrected chi connectivity index (χ3v) is 4.90. The number of hydrogen-bond acceptors (Lipinski definition) is 2. The van der Waals surface area contributed by atoms with Gasteiger partial charge in [0.1, 0.15) is 11.6 Å². The first-order valence-electron chi connectivity index (χ1n) is 9.27. The normalized spacial score (nSPS) is 12.5. The lowest BCUT2D eigenvalue weighted by atomic mass is 10.1. The Labute approximate surface area is 167 Å². The topological polar surface area (TPSA) is 55.1 Å². The van der Waals surface area contributed by atoms with Crippen LogP contribution in [0.5, 0.6) is 0 Å². The quantitative estimate of drug-likeness (QED) is 0.458. The molecular formula is C24H19FN2O2. The molecule has 4 aromatic rings. The van der Waals surface area contributed by atoms with Crippen molar-refractivity contribution in [3.05, 3.63) is 95.8 Å². The van der Waals surface area contributed by atoms with Crippen molar-refractivity contribution in [3.63, 3.8) is 0 Å². The summed E-state index contributed by atoms with van der Waals surface area (Å²) >= 11 is 0. The molecule has 4 nitrogen and oxygen atoms in total. The largest absolute Gasteiger partial charge is 0.478 e. The van der Waals surface area contributed by atoms with Crippen molar-refractivity contribution in [3.8, 4) is 11.4 Å². The molecule has 0 unspecified atom stereocenters. The molecule has 0 spiro atoms. The predicted molar refractivity (Wildman–Crippen MR) is 112 cm³/mol. The minimum absolute atomic E-state index is 0.0729. The minimum Gasteiger partial charge on any atom is -0.478 e. The van der Waals surface area contributed by atoms with Crippen molar-refractivity contribution in [1.82, 2.24) is 9.55 Å². The average molecular weight is 386 g/mol. The molecule has 3 aromatic carbocycles. The lowest BCUT2D eigenvalue weighted by Crippen LogP contribution is -2.08. The third kappa shape index (κ3) is 3.80. The zero-order chi connectivity index (χ0) is 20.4. The van der Waals surface area contributed by atoms with E-state index >= 15 is 0 Å². The van der Waals surface area contributed by atoms with Crippen LogP contribution in [0.25, 0.3) is 28.5 Å². The number of fused-ring (bicyclic) bond motifs is 1. The summed E-state index contributed by atoms with van der Waals surface area (Å²) in [5.74, 6) is -0.490. The molecule has 0 saturated carbocycles. The first kappa shape index (κ1) is 18.6. The van der Waals surface area contributed by atoms with Gasteiger partial charge >= 0.3 is 5.97 Å². The monoisotopic (exact) mass is 386 g/mol. The Morgan fingerprint density at radius 1 is 1.07 bits per heavy atom. The molecule has 0 aliphatic carbocycles. The van der Waals surface area contributed by atoms with Gasteiger partial charge in [-0.1, -0.05) is 42.5 Å². The van der Waals surface area contributed by atoms with Crippen LogP contribution in [0.4, 0.5) is 4.39 Å². The number of para-hydroxylation sites is 2. The SMILES string of the molecule is C[C@H](c1ccc(F)cc1)n1c(-c2cccc(/C=C/C(=O)O)c2)nc2ccccc21. The van der Waals surface area contributed by atoms with E-state index < -0.39 is 5.97 Å². The van der Waals surface area contributed by atoms with Gasteiger partial charge in [0, 0.05) is 11.6 Å². The highest BCUT2D eigenvalue weighted by atomic mass is 19.1. The van der Waals surface area contributed by atoms with E-state index in [9.17, 15) is 9.18 Å². The number of halogens is 1. The van der Waals surface area contributed by atoms with E-state index in [2.05, 4.69) is 11.5 Å². The third-order valence-electron chi connectivity index (χ3n) is 4.90. The Hall–Kier alpha value is -3.73. The number of nitrogens with zero attached hydrogens (tertiary/aromatic N) is 2. The van der Waals surface area contributed by atoms with E-state index in [-0.39, 0.29) is 11.9 Å². The zero-order valence-corrected chi connectivity index (χ0v) is 15.8. The van der Waals surface area contributed by atoms with E-state index in [4.69, 9.17) is 10.1 Å². The minimum atomic E-state index is -0.993. The van der Waals surface area contributed by atoms with Crippen molar-refractivity contribution >= 4 is 23.1 Å². The predicted octanol–water partition coefficient (Wildman–Crippen LogP) is 5.55. The van der Waals surface area contributed by atoms with Crippen molar-refractivity contribution in [2.45, 2.75) is 13.0 Å². The fourth-order valence-electron chi connectivity index (χ4n) is 3.48. The maximum Gasteiger partial charge on any atom is 0.328 e. The Kier molecular flexibility index (Phi) is 4.96. The molecule has 1 atom stereocenters. The number of benzene rings is 3. The van der Waals surface area contributed by atoms with Gasteiger partial charge in [0.2, 0.25) is 0 Å². The number of rotatable bonds is 5. The van der Waals surface area contributed by atoms with Crippen LogP contribution in [0.3, 0.4) is 0 Å². The van der Waals surface area contributed by atoms with E-state index in [1.165, 1.54) is 12.1 Å². The van der Waals surface area contributed by atoms with E-state index in [0.29, 0.717) is 0 Å². The average Bonchev–Trinajstić information content (AvgIpc) is 3.12. The molecule has 0 bridgehead atoms. The van der Waals surface area contributed by atoms with Crippen LogP contribution in [0.2, 0.25) is 0 Å². The summed E-state index contributed by atoms with van der Waals surface area (Å²) in [6.07, 6.45) is 2.67. The Bertz CT molecular complexity index is 1210. The number of aliphatic carboxylic acids is 1. The molecule has 0 aliphatic rings. The molecule has 144 valence electrons. The van der Waals surface area contributed by atoms with Gasteiger partial charge < -0.3 is 9.67 Å². The highest BCUT2D eigenvalue weighted by Crippen LogP contribution is 2.32. The number of carboxylic acid groups (broad SMARTS) is 1. The fraction of sp³-hybridized carbons (Fsp3) is 0.0833. The van der Waals surface area contributed by atoms with Crippen molar-refractivity contribution in [2.24, 2.45) is 0 Å². The van der Waals surface area contributed by atoms with Crippen molar-refractivity contribution in [1.29, 1.82) is 0 Å². The van der Waals surface area contributed by atoms with E-state index in [1.54, 1.807) is 18.2 Å². The van der Waals surface area contributed by atoms with E-state index in [0.717, 1.165) is 39.6 Å². The number of hydrogen-bond donors (Lipinski definition) is 1. The van der Waals surface area contributed by atoms with Gasteiger partial charge in [-0.15, -0.1) is 0 Å². The summed E-state index contributed by atoms with van der Waals surface area (Å²) in [6, 6.07) is 21.9. The number of carboxylic acids is 1. The summed E-state index contributed by atoms with van der Waals surface area (Å²) in [6.45, 7) is 2.05. The Morgan fingerprint density at radius 2 is 1.83 bits per heavy atom. The smallest absolute Gasteiger partial charge is 0.328 e.